The lowest BCUT2D eigenvalue weighted by Crippen LogP contribution is -2.24. The molecule has 29 heavy (non-hydrogen) atoms. The second-order valence-corrected chi connectivity index (χ2v) is 8.24. The van der Waals surface area contributed by atoms with Gasteiger partial charge in [0.05, 0.1) is 13.7 Å². The van der Waals surface area contributed by atoms with Gasteiger partial charge in [-0.2, -0.15) is 0 Å². The molecule has 0 atom stereocenters. The molecule has 6 nitrogen and oxygen atoms in total. The number of hydrogen-bond donors (Lipinski definition) is 0. The first-order chi connectivity index (χ1) is 14.0. The fourth-order valence-corrected chi connectivity index (χ4v) is 4.35. The van der Waals surface area contributed by atoms with Crippen molar-refractivity contribution in [2.24, 2.45) is 0 Å². The van der Waals surface area contributed by atoms with Gasteiger partial charge in [-0.05, 0) is 60.7 Å². The third-order valence-electron chi connectivity index (χ3n) is 4.37. The molecule has 146 valence electrons. The molecular formula is C20H14ClN3O3S2. The van der Waals surface area contributed by atoms with Crippen LogP contribution in [-0.2, 0) is 6.54 Å². The van der Waals surface area contributed by atoms with Gasteiger partial charge < -0.3 is 4.74 Å². The van der Waals surface area contributed by atoms with Crippen LogP contribution in [-0.4, -0.2) is 27.0 Å². The van der Waals surface area contributed by atoms with Gasteiger partial charge in [-0.25, -0.2) is 4.98 Å². The Morgan fingerprint density at radius 3 is 2.52 bits per heavy atom. The number of nitrogens with zero attached hydrogens (tertiary/aromatic N) is 3. The number of Topliss-reactive ketones (excluding diaryl/α,β-unsaturated/α-hetero) is 1. The van der Waals surface area contributed by atoms with E-state index in [0.717, 1.165) is 11.4 Å². The summed E-state index contributed by atoms with van der Waals surface area (Å²) in [5.74, 6) is 0.513. The van der Waals surface area contributed by atoms with Gasteiger partial charge in [0.25, 0.3) is 5.56 Å². The third kappa shape index (κ3) is 3.74. The maximum atomic E-state index is 12.9. The van der Waals surface area contributed by atoms with Crippen LogP contribution in [0.4, 0.5) is 0 Å². The summed E-state index contributed by atoms with van der Waals surface area (Å²) < 4.78 is 9.11. The zero-order chi connectivity index (χ0) is 20.5. The van der Waals surface area contributed by atoms with Gasteiger partial charge in [-0.3, -0.25) is 18.7 Å². The lowest BCUT2D eigenvalue weighted by atomic mass is 10.1. The van der Waals surface area contributed by atoms with E-state index in [1.807, 2.05) is 24.3 Å². The predicted octanol–water partition coefficient (Wildman–Crippen LogP) is 4.52. The molecule has 4 aromatic rings. The Morgan fingerprint density at radius 1 is 1.17 bits per heavy atom. The molecule has 0 aliphatic rings. The van der Waals surface area contributed by atoms with E-state index < -0.39 is 0 Å². The van der Waals surface area contributed by atoms with E-state index in [2.05, 4.69) is 4.98 Å². The number of carbonyl (C=O) groups is 1. The minimum atomic E-state index is -0.305. The summed E-state index contributed by atoms with van der Waals surface area (Å²) in [4.78, 5) is 29.8. The monoisotopic (exact) mass is 443 g/mol. The van der Waals surface area contributed by atoms with Crippen LogP contribution in [0, 0.1) is 3.95 Å². The second kappa shape index (κ2) is 7.90. The van der Waals surface area contributed by atoms with Crippen LogP contribution < -0.4 is 10.3 Å². The van der Waals surface area contributed by atoms with Crippen molar-refractivity contribution < 1.29 is 9.53 Å². The fourth-order valence-electron chi connectivity index (χ4n) is 2.88. The van der Waals surface area contributed by atoms with E-state index in [-0.39, 0.29) is 17.9 Å². The summed E-state index contributed by atoms with van der Waals surface area (Å²) in [5, 5.41) is 0.543. The molecule has 0 saturated heterocycles. The molecule has 0 aliphatic heterocycles. The zero-order valence-electron chi connectivity index (χ0n) is 15.2. The molecule has 0 N–H and O–H groups in total. The highest BCUT2D eigenvalue weighted by Gasteiger charge is 2.15. The van der Waals surface area contributed by atoms with Crippen LogP contribution >= 0.6 is 35.2 Å². The second-order valence-electron chi connectivity index (χ2n) is 6.16. The Kier molecular flexibility index (Phi) is 5.31. The standard InChI is InChI=1S/C20H14ClN3O3S2/c1-27-15-8-6-14(7-9-15)24-18-17(29-20(24)28)19(26)23(11-22-18)10-16(25)12-2-4-13(21)5-3-12/h2-9,11H,10H2,1H3. The number of methoxy groups -OCH3 is 1. The van der Waals surface area contributed by atoms with Gasteiger partial charge in [0.1, 0.15) is 16.8 Å². The highest BCUT2D eigenvalue weighted by atomic mass is 35.5. The molecule has 0 fully saturated rings. The fraction of sp³-hybridized carbons (Fsp3) is 0.100. The molecular weight excluding hydrogens is 430 g/mol. The van der Waals surface area contributed by atoms with E-state index in [0.29, 0.717) is 24.9 Å². The number of ketones is 1. The van der Waals surface area contributed by atoms with Gasteiger partial charge in [0, 0.05) is 16.3 Å². The molecule has 0 unspecified atom stereocenters. The summed E-state index contributed by atoms with van der Waals surface area (Å²) in [6, 6.07) is 13.9. The van der Waals surface area contributed by atoms with Gasteiger partial charge in [0.2, 0.25) is 0 Å². The minimum absolute atomic E-state index is 0.114. The molecule has 9 heteroatoms. The summed E-state index contributed by atoms with van der Waals surface area (Å²) in [6.07, 6.45) is 1.38. The van der Waals surface area contributed by atoms with Crippen molar-refractivity contribution in [1.82, 2.24) is 14.1 Å². The SMILES string of the molecule is COc1ccc(-n2c(=S)sc3c(=O)n(CC(=O)c4ccc(Cl)cc4)cnc32)cc1. The maximum absolute atomic E-state index is 12.9. The number of halogens is 1. The first-order valence-corrected chi connectivity index (χ1v) is 10.1. The number of thiazole rings is 1. The molecule has 4 rings (SSSR count). The van der Waals surface area contributed by atoms with Crippen molar-refractivity contribution in [2.45, 2.75) is 6.54 Å². The topological polar surface area (TPSA) is 66.1 Å². The van der Waals surface area contributed by atoms with Gasteiger partial charge in [0.15, 0.2) is 15.4 Å². The Labute approximate surface area is 179 Å². The zero-order valence-corrected chi connectivity index (χ0v) is 17.6. The molecule has 0 bridgehead atoms. The predicted molar refractivity (Wildman–Crippen MR) is 116 cm³/mol. The number of carbonyl (C=O) groups excluding carboxylic acids is 1. The first kappa shape index (κ1) is 19.5. The Morgan fingerprint density at radius 2 is 1.86 bits per heavy atom. The third-order valence-corrected chi connectivity index (χ3v) is 5.98. The average molecular weight is 444 g/mol. The normalized spacial score (nSPS) is 11.0. The Hall–Kier alpha value is -2.81. The maximum Gasteiger partial charge on any atom is 0.273 e. The van der Waals surface area contributed by atoms with E-state index >= 15 is 0 Å². The van der Waals surface area contributed by atoms with E-state index in [1.165, 1.54) is 22.2 Å². The number of fused-ring (bicyclic) bond motifs is 1. The summed E-state index contributed by atoms with van der Waals surface area (Å²) >= 11 is 12.5. The van der Waals surface area contributed by atoms with Crippen molar-refractivity contribution in [2.75, 3.05) is 7.11 Å². The van der Waals surface area contributed by atoms with Crippen molar-refractivity contribution >= 4 is 51.3 Å². The Bertz CT molecular complexity index is 1320. The summed E-state index contributed by atoms with van der Waals surface area (Å²) in [5.41, 5.74) is 1.42. The van der Waals surface area contributed by atoms with E-state index in [4.69, 9.17) is 28.6 Å². The number of ether oxygens (including phenoxy) is 1. The van der Waals surface area contributed by atoms with Gasteiger partial charge in [-0.1, -0.05) is 22.9 Å². The van der Waals surface area contributed by atoms with Crippen LogP contribution in [0.25, 0.3) is 16.0 Å². The van der Waals surface area contributed by atoms with E-state index in [1.54, 1.807) is 35.9 Å². The lowest BCUT2D eigenvalue weighted by Gasteiger charge is -2.07. The molecule has 0 radical (unpaired) electrons. The molecule has 2 aromatic heterocycles. The summed E-state index contributed by atoms with van der Waals surface area (Å²) in [6.45, 7) is -0.114. The first-order valence-electron chi connectivity index (χ1n) is 8.52. The van der Waals surface area contributed by atoms with Crippen LogP contribution in [0.2, 0.25) is 5.02 Å². The molecule has 0 saturated carbocycles. The molecule has 2 aromatic carbocycles. The number of hydrogen-bond acceptors (Lipinski definition) is 6. The largest absolute Gasteiger partial charge is 0.497 e. The highest BCUT2D eigenvalue weighted by Crippen LogP contribution is 2.24. The number of rotatable bonds is 5. The van der Waals surface area contributed by atoms with Crippen LogP contribution in [0.3, 0.4) is 0 Å². The van der Waals surface area contributed by atoms with Crippen molar-refractivity contribution in [3.63, 3.8) is 0 Å². The molecule has 2 heterocycles. The van der Waals surface area contributed by atoms with Gasteiger partial charge in [-0.15, -0.1) is 0 Å². The smallest absolute Gasteiger partial charge is 0.273 e. The van der Waals surface area contributed by atoms with Crippen LogP contribution in [0.1, 0.15) is 10.4 Å². The van der Waals surface area contributed by atoms with Crippen molar-refractivity contribution in [3.05, 3.63) is 79.8 Å². The Balaban J connectivity index is 1.73. The van der Waals surface area contributed by atoms with E-state index in [9.17, 15) is 9.59 Å². The summed E-state index contributed by atoms with van der Waals surface area (Å²) in [7, 11) is 1.59. The lowest BCUT2D eigenvalue weighted by molar-refractivity contribution is 0.0970. The molecule has 0 aliphatic carbocycles. The molecule has 0 spiro atoms. The molecule has 0 amide bonds. The van der Waals surface area contributed by atoms with Crippen LogP contribution in [0.5, 0.6) is 5.75 Å². The average Bonchev–Trinajstić information content (AvgIpc) is 3.07. The quantitative estimate of drug-likeness (QED) is 0.335. The minimum Gasteiger partial charge on any atom is -0.497 e. The number of benzene rings is 2. The number of aromatic nitrogens is 3. The van der Waals surface area contributed by atoms with Gasteiger partial charge >= 0.3 is 0 Å². The highest BCUT2D eigenvalue weighted by molar-refractivity contribution is 7.73. The van der Waals surface area contributed by atoms with Crippen LogP contribution in [0.15, 0.2) is 59.7 Å². The van der Waals surface area contributed by atoms with Crippen molar-refractivity contribution in [3.8, 4) is 11.4 Å². The van der Waals surface area contributed by atoms with Crippen molar-refractivity contribution in [1.29, 1.82) is 0 Å².